The van der Waals surface area contributed by atoms with E-state index in [1.54, 1.807) is 0 Å². The lowest BCUT2D eigenvalue weighted by Gasteiger charge is -2.18. The van der Waals surface area contributed by atoms with Gasteiger partial charge in [-0.15, -0.1) is 0 Å². The van der Waals surface area contributed by atoms with E-state index in [9.17, 15) is 8.42 Å². The Morgan fingerprint density at radius 1 is 1.19 bits per heavy atom. The number of para-hydroxylation sites is 1. The molecule has 0 aliphatic carbocycles. The molecule has 1 aromatic carbocycles. The first-order valence-corrected chi connectivity index (χ1v) is 10.7. The predicted molar refractivity (Wildman–Crippen MR) is 106 cm³/mol. The van der Waals surface area contributed by atoms with Crippen molar-refractivity contribution in [3.05, 3.63) is 41.1 Å². The minimum atomic E-state index is -2.94. The minimum absolute atomic E-state index is 0.126. The molecule has 2 N–H and O–H groups in total. The number of nitrogens with one attached hydrogen (secondary N) is 2. The largest absolute Gasteiger partial charge is 0.350 e. The summed E-state index contributed by atoms with van der Waals surface area (Å²) in [4.78, 5) is 8.96. The summed E-state index contributed by atoms with van der Waals surface area (Å²) in [6, 6.07) is 8.03. The van der Waals surface area contributed by atoms with Gasteiger partial charge in [0.25, 0.3) is 0 Å². The van der Waals surface area contributed by atoms with Crippen LogP contribution < -0.4 is 10.6 Å². The van der Waals surface area contributed by atoms with Crippen LogP contribution in [0.15, 0.2) is 24.3 Å². The molecule has 26 heavy (non-hydrogen) atoms. The molecule has 0 saturated carbocycles. The fraction of sp³-hybridized carbons (Fsp3) is 0.474. The number of aromatic nitrogens is 2. The SMILES string of the molecule is Cc1cc(Nc2c(C)cccc2C(C)C)nc(NC2CCS(=O)(=O)C2)n1. The van der Waals surface area contributed by atoms with Crippen molar-refractivity contribution in [1.29, 1.82) is 0 Å². The van der Waals surface area contributed by atoms with E-state index in [1.165, 1.54) is 5.56 Å². The number of anilines is 3. The molecule has 0 spiro atoms. The number of sulfone groups is 1. The van der Waals surface area contributed by atoms with Gasteiger partial charge in [-0.1, -0.05) is 32.0 Å². The molecule has 6 nitrogen and oxygen atoms in total. The first-order valence-electron chi connectivity index (χ1n) is 8.93. The summed E-state index contributed by atoms with van der Waals surface area (Å²) in [5, 5.41) is 6.61. The molecular formula is C19H26N4O2S. The Hall–Kier alpha value is -2.15. The normalized spacial score (nSPS) is 18.9. The molecule has 1 fully saturated rings. The molecule has 2 heterocycles. The second-order valence-corrected chi connectivity index (χ2v) is 9.51. The summed E-state index contributed by atoms with van der Waals surface area (Å²) >= 11 is 0. The fourth-order valence-electron chi connectivity index (χ4n) is 3.26. The fourth-order valence-corrected chi connectivity index (χ4v) is 4.93. The number of nitrogens with zero attached hydrogens (tertiary/aromatic N) is 2. The maximum Gasteiger partial charge on any atom is 0.225 e. The number of hydrogen-bond acceptors (Lipinski definition) is 6. The Morgan fingerprint density at radius 3 is 2.62 bits per heavy atom. The van der Waals surface area contributed by atoms with Crippen molar-refractivity contribution < 1.29 is 8.42 Å². The predicted octanol–water partition coefficient (Wildman–Crippen LogP) is 3.56. The highest BCUT2D eigenvalue weighted by atomic mass is 32.2. The zero-order chi connectivity index (χ0) is 18.9. The highest BCUT2D eigenvalue weighted by Gasteiger charge is 2.28. The first-order chi connectivity index (χ1) is 12.2. The average molecular weight is 375 g/mol. The quantitative estimate of drug-likeness (QED) is 0.832. The van der Waals surface area contributed by atoms with E-state index >= 15 is 0 Å². The third-order valence-electron chi connectivity index (χ3n) is 4.60. The standard InChI is InChI=1S/C19H26N4O2S/c1-12(2)16-7-5-6-13(3)18(16)22-17-10-14(4)20-19(23-17)21-15-8-9-26(24,25)11-15/h5-7,10,12,15H,8-9,11H2,1-4H3,(H2,20,21,22,23). The van der Waals surface area contributed by atoms with Gasteiger partial charge in [-0.05, 0) is 37.3 Å². The summed E-state index contributed by atoms with van der Waals surface area (Å²) in [5.74, 6) is 1.93. The Balaban J connectivity index is 1.85. The molecular weight excluding hydrogens is 348 g/mol. The molecule has 3 rings (SSSR count). The van der Waals surface area contributed by atoms with Gasteiger partial charge in [0.15, 0.2) is 9.84 Å². The van der Waals surface area contributed by atoms with Crippen LogP contribution in [0.5, 0.6) is 0 Å². The van der Waals surface area contributed by atoms with Crippen LogP contribution in [0.2, 0.25) is 0 Å². The molecule has 0 amide bonds. The average Bonchev–Trinajstić information content (AvgIpc) is 2.87. The topological polar surface area (TPSA) is 84.0 Å². The highest BCUT2D eigenvalue weighted by Crippen LogP contribution is 2.30. The van der Waals surface area contributed by atoms with Gasteiger partial charge in [-0.2, -0.15) is 4.98 Å². The molecule has 1 atom stereocenters. The van der Waals surface area contributed by atoms with Crippen molar-refractivity contribution >= 4 is 27.3 Å². The van der Waals surface area contributed by atoms with E-state index in [0.29, 0.717) is 24.1 Å². The second kappa shape index (κ2) is 7.23. The lowest BCUT2D eigenvalue weighted by Crippen LogP contribution is -2.22. The number of rotatable bonds is 5. The van der Waals surface area contributed by atoms with Crippen molar-refractivity contribution in [2.24, 2.45) is 0 Å². The summed E-state index contributed by atoms with van der Waals surface area (Å²) < 4.78 is 23.3. The minimum Gasteiger partial charge on any atom is -0.350 e. The molecule has 1 aliphatic heterocycles. The van der Waals surface area contributed by atoms with Crippen molar-refractivity contribution in [2.45, 2.75) is 46.1 Å². The molecule has 1 aliphatic rings. The van der Waals surface area contributed by atoms with Crippen LogP contribution in [0.4, 0.5) is 17.5 Å². The van der Waals surface area contributed by atoms with Gasteiger partial charge in [0.2, 0.25) is 5.95 Å². The van der Waals surface area contributed by atoms with Crippen LogP contribution in [0.25, 0.3) is 0 Å². The summed E-state index contributed by atoms with van der Waals surface area (Å²) in [6.07, 6.45) is 0.595. The van der Waals surface area contributed by atoms with Gasteiger partial charge < -0.3 is 10.6 Å². The van der Waals surface area contributed by atoms with Gasteiger partial charge in [0.1, 0.15) is 5.82 Å². The molecule has 7 heteroatoms. The van der Waals surface area contributed by atoms with Crippen LogP contribution in [0.1, 0.15) is 43.0 Å². The third-order valence-corrected chi connectivity index (χ3v) is 6.37. The number of benzene rings is 1. The molecule has 0 radical (unpaired) electrons. The zero-order valence-electron chi connectivity index (χ0n) is 15.7. The Kier molecular flexibility index (Phi) is 5.18. The van der Waals surface area contributed by atoms with Crippen molar-refractivity contribution in [3.8, 4) is 0 Å². The highest BCUT2D eigenvalue weighted by molar-refractivity contribution is 7.91. The van der Waals surface area contributed by atoms with E-state index in [-0.39, 0.29) is 17.5 Å². The maximum atomic E-state index is 11.7. The van der Waals surface area contributed by atoms with Crippen molar-refractivity contribution in [3.63, 3.8) is 0 Å². The second-order valence-electron chi connectivity index (χ2n) is 7.28. The summed E-state index contributed by atoms with van der Waals surface area (Å²) in [5.41, 5.74) is 4.28. The zero-order valence-corrected chi connectivity index (χ0v) is 16.5. The smallest absolute Gasteiger partial charge is 0.225 e. The van der Waals surface area contributed by atoms with E-state index in [4.69, 9.17) is 0 Å². The lowest BCUT2D eigenvalue weighted by atomic mass is 9.98. The first kappa shape index (κ1) is 18.6. The lowest BCUT2D eigenvalue weighted by molar-refractivity contribution is 0.602. The van der Waals surface area contributed by atoms with E-state index in [2.05, 4.69) is 59.6 Å². The van der Waals surface area contributed by atoms with E-state index in [1.807, 2.05) is 13.0 Å². The van der Waals surface area contributed by atoms with Crippen molar-refractivity contribution in [2.75, 3.05) is 22.1 Å². The van der Waals surface area contributed by atoms with E-state index in [0.717, 1.165) is 16.9 Å². The van der Waals surface area contributed by atoms with Gasteiger partial charge in [0.05, 0.1) is 11.5 Å². The van der Waals surface area contributed by atoms with Crippen molar-refractivity contribution in [1.82, 2.24) is 9.97 Å². The number of hydrogen-bond donors (Lipinski definition) is 2. The number of aryl methyl sites for hydroxylation is 2. The molecule has 1 saturated heterocycles. The summed E-state index contributed by atoms with van der Waals surface area (Å²) in [6.45, 7) is 8.31. The third kappa shape index (κ3) is 4.33. The molecule has 2 aromatic rings. The Morgan fingerprint density at radius 2 is 1.96 bits per heavy atom. The monoisotopic (exact) mass is 374 g/mol. The van der Waals surface area contributed by atoms with Crippen LogP contribution in [0.3, 0.4) is 0 Å². The molecule has 1 unspecified atom stereocenters. The molecule has 140 valence electrons. The Bertz CT molecular complexity index is 910. The van der Waals surface area contributed by atoms with E-state index < -0.39 is 9.84 Å². The van der Waals surface area contributed by atoms with Gasteiger partial charge in [-0.25, -0.2) is 13.4 Å². The van der Waals surface area contributed by atoms with Gasteiger partial charge in [-0.3, -0.25) is 0 Å². The van der Waals surface area contributed by atoms with Gasteiger partial charge >= 0.3 is 0 Å². The van der Waals surface area contributed by atoms with Crippen LogP contribution >= 0.6 is 0 Å². The summed E-state index contributed by atoms with van der Waals surface area (Å²) in [7, 11) is -2.94. The molecule has 0 bridgehead atoms. The van der Waals surface area contributed by atoms with Crippen LogP contribution in [-0.2, 0) is 9.84 Å². The van der Waals surface area contributed by atoms with Crippen LogP contribution in [-0.4, -0.2) is 35.9 Å². The van der Waals surface area contributed by atoms with Crippen LogP contribution in [0, 0.1) is 13.8 Å². The maximum absolute atomic E-state index is 11.7. The Labute approximate surface area is 155 Å². The van der Waals surface area contributed by atoms with Gasteiger partial charge in [0, 0.05) is 23.5 Å². The molecule has 1 aromatic heterocycles.